The number of hydrogen-bond donors (Lipinski definition) is 0. The maximum Gasteiger partial charge on any atom is 0.0967 e. The van der Waals surface area contributed by atoms with Gasteiger partial charge in [-0.05, 0) is 19.8 Å². The van der Waals surface area contributed by atoms with E-state index in [-0.39, 0.29) is 5.34 Å². The Balaban J connectivity index is -0.000000138. The average molecular weight is 245 g/mol. The Morgan fingerprint density at radius 2 is 1.36 bits per heavy atom. The fourth-order valence-corrected chi connectivity index (χ4v) is 0.781. The quantitative estimate of drug-likeness (QED) is 0.639. The van der Waals surface area contributed by atoms with Crippen LogP contribution in [0.2, 0.25) is 0 Å². The number of alkyl halides is 2. The molecule has 0 atom stereocenters. The molecule has 0 unspecified atom stereocenters. The van der Waals surface area contributed by atoms with E-state index in [9.17, 15) is 0 Å². The molecular weight excluding hydrogens is 219 g/mol. The van der Waals surface area contributed by atoms with E-state index in [0.717, 1.165) is 19.1 Å². The molecule has 0 aliphatic rings. The number of ether oxygens (including phenoxy) is 1. The van der Waals surface area contributed by atoms with Gasteiger partial charge in [-0.25, -0.2) is 0 Å². The van der Waals surface area contributed by atoms with E-state index < -0.39 is 0 Å². The van der Waals surface area contributed by atoms with Crippen LogP contribution in [-0.2, 0) is 4.74 Å². The molecule has 0 aliphatic heterocycles. The summed E-state index contributed by atoms with van der Waals surface area (Å²) in [5, 5.41) is 0.194. The molecule has 14 heavy (non-hydrogen) atoms. The van der Waals surface area contributed by atoms with Crippen molar-refractivity contribution in [1.29, 1.82) is 0 Å². The third kappa shape index (κ3) is 54.4. The lowest BCUT2D eigenvalue weighted by atomic mass is 10.1. The fourth-order valence-electron chi connectivity index (χ4n) is 0.781. The minimum Gasteiger partial charge on any atom is -0.382 e. The van der Waals surface area contributed by atoms with E-state index in [0.29, 0.717) is 0 Å². The molecule has 0 aromatic rings. The van der Waals surface area contributed by atoms with Gasteiger partial charge >= 0.3 is 0 Å². The maximum absolute atomic E-state index is 4.83. The molecule has 0 aromatic heterocycles. The highest BCUT2D eigenvalue weighted by molar-refractivity contribution is 6.40. The second-order valence-electron chi connectivity index (χ2n) is 3.07. The zero-order valence-corrected chi connectivity index (χ0v) is 11.8. The molecule has 1 nitrogen and oxygen atoms in total. The summed E-state index contributed by atoms with van der Waals surface area (Å²) < 4.78 is 4.83. The van der Waals surface area contributed by atoms with Gasteiger partial charge in [0, 0.05) is 13.2 Å². The van der Waals surface area contributed by atoms with Gasteiger partial charge in [-0.2, -0.15) is 0 Å². The first-order chi connectivity index (χ1) is 6.60. The summed E-state index contributed by atoms with van der Waals surface area (Å²) >= 11 is 9.53. The van der Waals surface area contributed by atoms with Crippen LogP contribution in [0.1, 0.15) is 47.5 Å². The monoisotopic (exact) mass is 244 g/mol. The topological polar surface area (TPSA) is 9.23 Å². The van der Waals surface area contributed by atoms with E-state index in [1.54, 1.807) is 0 Å². The highest BCUT2D eigenvalue weighted by Crippen LogP contribution is 2.00. The third-order valence-electron chi connectivity index (χ3n) is 1.27. The molecule has 0 saturated carbocycles. The lowest BCUT2D eigenvalue weighted by Crippen LogP contribution is -1.84. The number of rotatable bonds is 4. The van der Waals surface area contributed by atoms with Crippen molar-refractivity contribution in [3.63, 3.8) is 0 Å². The summed E-state index contributed by atoms with van der Waals surface area (Å²) in [5.41, 5.74) is 0. The van der Waals surface area contributed by atoms with Crippen molar-refractivity contribution in [2.45, 2.75) is 47.5 Å². The molecular formula is C11H26Cl2O. The van der Waals surface area contributed by atoms with E-state index in [2.05, 4.69) is 20.8 Å². The molecule has 3 heteroatoms. The van der Waals surface area contributed by atoms with Gasteiger partial charge in [0.25, 0.3) is 0 Å². The van der Waals surface area contributed by atoms with E-state index >= 15 is 0 Å². The Bertz CT molecular complexity index is 66.3. The molecule has 0 fully saturated rings. The van der Waals surface area contributed by atoms with Gasteiger partial charge in [0.2, 0.25) is 0 Å². The minimum atomic E-state index is 0.194. The molecule has 0 saturated heterocycles. The SMILES string of the molecule is CCCC(C)C.CCOCC.ClCCl. The van der Waals surface area contributed by atoms with Crippen molar-refractivity contribution in [1.82, 2.24) is 0 Å². The normalized spacial score (nSPS) is 8.57. The van der Waals surface area contributed by atoms with Crippen molar-refractivity contribution in [2.75, 3.05) is 18.6 Å². The van der Waals surface area contributed by atoms with Gasteiger partial charge in [0.1, 0.15) is 0 Å². The van der Waals surface area contributed by atoms with Crippen molar-refractivity contribution in [3.05, 3.63) is 0 Å². The standard InChI is InChI=1S/C6H14.C4H10O.CH2Cl2/c1-4-5-6(2)3;1-3-5-4-2;2-1-3/h6H,4-5H2,1-3H3;3-4H2,1-2H3;1H2. The highest BCUT2D eigenvalue weighted by Gasteiger charge is 1.85. The largest absolute Gasteiger partial charge is 0.382 e. The second-order valence-corrected chi connectivity index (χ2v) is 3.87. The predicted molar refractivity (Wildman–Crippen MR) is 68.5 cm³/mol. The molecule has 0 heterocycles. The zero-order chi connectivity index (χ0) is 11.8. The Morgan fingerprint density at radius 3 is 1.36 bits per heavy atom. The van der Waals surface area contributed by atoms with E-state index in [4.69, 9.17) is 27.9 Å². The summed E-state index contributed by atoms with van der Waals surface area (Å²) in [4.78, 5) is 0. The van der Waals surface area contributed by atoms with Crippen LogP contribution in [0.3, 0.4) is 0 Å². The Hall–Kier alpha value is 0.540. The zero-order valence-electron chi connectivity index (χ0n) is 10.3. The van der Waals surface area contributed by atoms with E-state index in [1.165, 1.54) is 12.8 Å². The first-order valence-corrected chi connectivity index (χ1v) is 6.37. The van der Waals surface area contributed by atoms with Crippen molar-refractivity contribution >= 4 is 23.2 Å². The first-order valence-electron chi connectivity index (χ1n) is 5.30. The fraction of sp³-hybridized carbons (Fsp3) is 1.00. The van der Waals surface area contributed by atoms with Crippen LogP contribution < -0.4 is 0 Å². The molecule has 0 spiro atoms. The number of hydrogen-bond acceptors (Lipinski definition) is 1. The Kier molecular flexibility index (Phi) is 33.4. The molecule has 0 N–H and O–H groups in total. The van der Waals surface area contributed by atoms with Crippen LogP contribution >= 0.6 is 23.2 Å². The van der Waals surface area contributed by atoms with Crippen LogP contribution in [-0.4, -0.2) is 18.6 Å². The third-order valence-corrected chi connectivity index (χ3v) is 1.27. The van der Waals surface area contributed by atoms with Gasteiger partial charge < -0.3 is 4.74 Å². The van der Waals surface area contributed by atoms with Crippen molar-refractivity contribution < 1.29 is 4.74 Å². The lowest BCUT2D eigenvalue weighted by Gasteiger charge is -1.95. The van der Waals surface area contributed by atoms with Gasteiger partial charge in [0.05, 0.1) is 5.34 Å². The Labute approximate surface area is 100 Å². The summed E-state index contributed by atoms with van der Waals surface area (Å²) in [6.07, 6.45) is 2.71. The molecule has 0 aliphatic carbocycles. The molecule has 0 rings (SSSR count). The molecule has 0 radical (unpaired) electrons. The van der Waals surface area contributed by atoms with Crippen molar-refractivity contribution in [3.8, 4) is 0 Å². The van der Waals surface area contributed by atoms with Crippen LogP contribution in [0.15, 0.2) is 0 Å². The predicted octanol–water partition coefficient (Wildman–Crippen LogP) is 4.91. The lowest BCUT2D eigenvalue weighted by molar-refractivity contribution is 0.162. The maximum atomic E-state index is 4.83. The summed E-state index contributed by atoms with van der Waals surface area (Å²) in [5.74, 6) is 0.898. The highest BCUT2D eigenvalue weighted by atomic mass is 35.5. The van der Waals surface area contributed by atoms with Gasteiger partial charge in [-0.1, -0.05) is 33.6 Å². The van der Waals surface area contributed by atoms with Crippen molar-refractivity contribution in [2.24, 2.45) is 5.92 Å². The minimum absolute atomic E-state index is 0.194. The second kappa shape index (κ2) is 23.4. The number of halogens is 2. The Morgan fingerprint density at radius 1 is 1.00 bits per heavy atom. The van der Waals surface area contributed by atoms with E-state index in [1.807, 2.05) is 13.8 Å². The molecule has 90 valence electrons. The summed E-state index contributed by atoms with van der Waals surface area (Å²) in [6, 6.07) is 0. The van der Waals surface area contributed by atoms with Crippen LogP contribution in [0.5, 0.6) is 0 Å². The summed E-state index contributed by atoms with van der Waals surface area (Å²) in [7, 11) is 0. The van der Waals surface area contributed by atoms with Gasteiger partial charge in [-0.3, -0.25) is 0 Å². The van der Waals surface area contributed by atoms with Gasteiger partial charge in [0.15, 0.2) is 0 Å². The molecule has 0 amide bonds. The molecule has 0 aromatic carbocycles. The first kappa shape index (κ1) is 20.0. The van der Waals surface area contributed by atoms with Crippen LogP contribution in [0.25, 0.3) is 0 Å². The summed E-state index contributed by atoms with van der Waals surface area (Å²) in [6.45, 7) is 12.4. The van der Waals surface area contributed by atoms with Gasteiger partial charge in [-0.15, -0.1) is 23.2 Å². The van der Waals surface area contributed by atoms with Crippen LogP contribution in [0.4, 0.5) is 0 Å². The smallest absolute Gasteiger partial charge is 0.0967 e. The average Bonchev–Trinajstić information content (AvgIpc) is 2.07. The van der Waals surface area contributed by atoms with Crippen LogP contribution in [0, 0.1) is 5.92 Å². The molecule has 0 bridgehead atoms.